The zero-order valence-corrected chi connectivity index (χ0v) is 7.43. The Balaban J connectivity index is 3.41. The van der Waals surface area contributed by atoms with Crippen LogP contribution in [0.3, 0.4) is 0 Å². The second-order valence-electron chi connectivity index (χ2n) is 2.77. The molecule has 0 aromatic carbocycles. The van der Waals surface area contributed by atoms with Crippen LogP contribution in [0.4, 0.5) is 0 Å². The molecule has 0 unspecified atom stereocenters. The molecule has 0 saturated carbocycles. The van der Waals surface area contributed by atoms with Crippen LogP contribution in [0, 0.1) is 5.92 Å². The van der Waals surface area contributed by atoms with Gasteiger partial charge in [0.1, 0.15) is 0 Å². The second kappa shape index (κ2) is 5.69. The van der Waals surface area contributed by atoms with Crippen molar-refractivity contribution in [1.82, 2.24) is 5.01 Å². The maximum absolute atomic E-state index is 5.66. The first-order valence-electron chi connectivity index (χ1n) is 4.24. The summed E-state index contributed by atoms with van der Waals surface area (Å²) in [5.41, 5.74) is 0. The Morgan fingerprint density at radius 2 is 1.70 bits per heavy atom. The van der Waals surface area contributed by atoms with Crippen molar-refractivity contribution in [3.63, 3.8) is 0 Å². The molecule has 0 amide bonds. The topological polar surface area (TPSA) is 29.3 Å². The largest absolute Gasteiger partial charge is 0.269 e. The third-order valence-electron chi connectivity index (χ3n) is 2.05. The molecule has 0 aliphatic heterocycles. The van der Waals surface area contributed by atoms with Crippen LogP contribution in [0.5, 0.6) is 0 Å². The van der Waals surface area contributed by atoms with Gasteiger partial charge in [-0.1, -0.05) is 33.6 Å². The van der Waals surface area contributed by atoms with Gasteiger partial charge in [0, 0.05) is 13.1 Å². The number of hydrogen-bond acceptors (Lipinski definition) is 2. The summed E-state index contributed by atoms with van der Waals surface area (Å²) >= 11 is 0. The fourth-order valence-electron chi connectivity index (χ4n) is 1.01. The third kappa shape index (κ3) is 3.85. The van der Waals surface area contributed by atoms with E-state index < -0.39 is 0 Å². The Morgan fingerprint density at radius 1 is 1.20 bits per heavy atom. The van der Waals surface area contributed by atoms with Gasteiger partial charge in [0.25, 0.3) is 0 Å². The minimum Gasteiger partial charge on any atom is -0.269 e. The highest BCUT2D eigenvalue weighted by Gasteiger charge is 2.05. The average Bonchev–Trinajstić information content (AvgIpc) is 1.99. The summed E-state index contributed by atoms with van der Waals surface area (Å²) in [7, 11) is 0. The Bertz CT molecular complexity index is 69.7. The van der Waals surface area contributed by atoms with Gasteiger partial charge in [-0.05, 0) is 5.92 Å². The lowest BCUT2D eigenvalue weighted by Crippen LogP contribution is -2.35. The van der Waals surface area contributed by atoms with Crippen LogP contribution >= 0.6 is 0 Å². The van der Waals surface area contributed by atoms with Crippen molar-refractivity contribution in [2.24, 2.45) is 11.8 Å². The summed E-state index contributed by atoms with van der Waals surface area (Å²) in [4.78, 5) is 0. The maximum Gasteiger partial charge on any atom is 0.0156 e. The Morgan fingerprint density at radius 3 is 2.00 bits per heavy atom. The normalized spacial score (nSPS) is 11.4. The lowest BCUT2D eigenvalue weighted by Gasteiger charge is -2.19. The number of rotatable bonds is 5. The molecule has 0 aromatic rings. The van der Waals surface area contributed by atoms with Crippen LogP contribution in [0.1, 0.15) is 33.6 Å². The molecule has 0 aliphatic rings. The van der Waals surface area contributed by atoms with Gasteiger partial charge in [-0.2, -0.15) is 0 Å². The standard InChI is InChI=1S/C8H20N2/c1-4-8(5-2)7-10(9)6-3/h8H,4-7,9H2,1-3H3. The van der Waals surface area contributed by atoms with E-state index in [1.807, 2.05) is 5.01 Å². The van der Waals surface area contributed by atoms with Gasteiger partial charge in [-0.3, -0.25) is 5.84 Å². The van der Waals surface area contributed by atoms with E-state index in [-0.39, 0.29) is 0 Å². The second-order valence-corrected chi connectivity index (χ2v) is 2.77. The third-order valence-corrected chi connectivity index (χ3v) is 2.05. The molecular weight excluding hydrogens is 124 g/mol. The molecule has 0 rings (SSSR count). The first-order valence-corrected chi connectivity index (χ1v) is 4.24. The Labute approximate surface area is 64.4 Å². The number of hydrazine groups is 1. The monoisotopic (exact) mass is 144 g/mol. The first kappa shape index (κ1) is 9.92. The van der Waals surface area contributed by atoms with Crippen LogP contribution in [-0.4, -0.2) is 18.1 Å². The molecule has 2 N–H and O–H groups in total. The summed E-state index contributed by atoms with van der Waals surface area (Å²) in [6.45, 7) is 8.53. The fourth-order valence-corrected chi connectivity index (χ4v) is 1.01. The highest BCUT2D eigenvalue weighted by Crippen LogP contribution is 2.07. The molecule has 2 nitrogen and oxygen atoms in total. The van der Waals surface area contributed by atoms with E-state index in [1.165, 1.54) is 12.8 Å². The number of nitrogens with zero attached hydrogens (tertiary/aromatic N) is 1. The van der Waals surface area contributed by atoms with Gasteiger partial charge >= 0.3 is 0 Å². The van der Waals surface area contributed by atoms with Crippen molar-refractivity contribution >= 4 is 0 Å². The average molecular weight is 144 g/mol. The van der Waals surface area contributed by atoms with Crippen LogP contribution < -0.4 is 5.84 Å². The summed E-state index contributed by atoms with van der Waals surface area (Å²) in [6.07, 6.45) is 2.48. The van der Waals surface area contributed by atoms with Gasteiger partial charge in [-0.25, -0.2) is 5.01 Å². The van der Waals surface area contributed by atoms with Crippen molar-refractivity contribution in [1.29, 1.82) is 0 Å². The summed E-state index contributed by atoms with van der Waals surface area (Å²) in [5, 5.41) is 1.89. The van der Waals surface area contributed by atoms with Crippen molar-refractivity contribution < 1.29 is 0 Å². The van der Waals surface area contributed by atoms with Crippen LogP contribution in [-0.2, 0) is 0 Å². The predicted octanol–water partition coefficient (Wildman–Crippen LogP) is 1.62. The molecule has 0 saturated heterocycles. The van der Waals surface area contributed by atoms with Crippen molar-refractivity contribution in [3.8, 4) is 0 Å². The van der Waals surface area contributed by atoms with Crippen LogP contribution in [0.15, 0.2) is 0 Å². The molecule has 0 heterocycles. The Hall–Kier alpha value is -0.0800. The zero-order valence-electron chi connectivity index (χ0n) is 7.43. The lowest BCUT2D eigenvalue weighted by atomic mass is 10.0. The van der Waals surface area contributed by atoms with Crippen LogP contribution in [0.2, 0.25) is 0 Å². The van der Waals surface area contributed by atoms with Gasteiger partial charge < -0.3 is 0 Å². The lowest BCUT2D eigenvalue weighted by molar-refractivity contribution is 0.240. The van der Waals surface area contributed by atoms with Crippen molar-refractivity contribution in [2.45, 2.75) is 33.6 Å². The van der Waals surface area contributed by atoms with E-state index in [2.05, 4.69) is 20.8 Å². The molecule has 0 aliphatic carbocycles. The van der Waals surface area contributed by atoms with Gasteiger partial charge in [0.2, 0.25) is 0 Å². The molecule has 0 aromatic heterocycles. The van der Waals surface area contributed by atoms with Crippen molar-refractivity contribution in [3.05, 3.63) is 0 Å². The SMILES string of the molecule is CCC(CC)CN(N)CC. The van der Waals surface area contributed by atoms with Gasteiger partial charge in [0.15, 0.2) is 0 Å². The molecule has 0 radical (unpaired) electrons. The van der Waals surface area contributed by atoms with E-state index in [9.17, 15) is 0 Å². The molecule has 10 heavy (non-hydrogen) atoms. The molecule has 0 spiro atoms. The van der Waals surface area contributed by atoms with Gasteiger partial charge in [0.05, 0.1) is 0 Å². The summed E-state index contributed by atoms with van der Waals surface area (Å²) < 4.78 is 0. The quantitative estimate of drug-likeness (QED) is 0.469. The molecular formula is C8H20N2. The highest BCUT2D eigenvalue weighted by molar-refractivity contribution is 4.57. The minimum absolute atomic E-state index is 0.782. The minimum atomic E-state index is 0.782. The molecule has 2 heteroatoms. The van der Waals surface area contributed by atoms with E-state index in [4.69, 9.17) is 5.84 Å². The molecule has 62 valence electrons. The summed E-state index contributed by atoms with van der Waals surface area (Å²) in [6, 6.07) is 0. The highest BCUT2D eigenvalue weighted by atomic mass is 15.4. The molecule has 0 fully saturated rings. The van der Waals surface area contributed by atoms with E-state index in [1.54, 1.807) is 0 Å². The van der Waals surface area contributed by atoms with E-state index in [0.29, 0.717) is 0 Å². The predicted molar refractivity (Wildman–Crippen MR) is 45.5 cm³/mol. The van der Waals surface area contributed by atoms with Crippen LogP contribution in [0.25, 0.3) is 0 Å². The first-order chi connectivity index (χ1) is 4.74. The zero-order chi connectivity index (χ0) is 7.98. The molecule has 0 bridgehead atoms. The molecule has 0 atom stereocenters. The number of nitrogens with two attached hydrogens (primary N) is 1. The van der Waals surface area contributed by atoms with Gasteiger partial charge in [-0.15, -0.1) is 0 Å². The van der Waals surface area contributed by atoms with E-state index in [0.717, 1.165) is 19.0 Å². The number of hydrogen-bond donors (Lipinski definition) is 1. The smallest absolute Gasteiger partial charge is 0.0156 e. The fraction of sp³-hybridized carbons (Fsp3) is 1.00. The maximum atomic E-state index is 5.66. The van der Waals surface area contributed by atoms with E-state index >= 15 is 0 Å². The van der Waals surface area contributed by atoms with Crippen molar-refractivity contribution in [2.75, 3.05) is 13.1 Å². The summed E-state index contributed by atoms with van der Waals surface area (Å²) in [5.74, 6) is 6.44. The Kier molecular flexibility index (Phi) is 5.64.